The van der Waals surface area contributed by atoms with E-state index >= 15 is 0 Å². The maximum atomic E-state index is 11.3. The van der Waals surface area contributed by atoms with Crippen LogP contribution in [-0.2, 0) is 18.3 Å². The van der Waals surface area contributed by atoms with Gasteiger partial charge in [-0.15, -0.1) is 0 Å². The summed E-state index contributed by atoms with van der Waals surface area (Å²) in [7, 11) is -19.3. The Labute approximate surface area is 199 Å². The standard InChI is InChI=1S/2C8H19NO6P2/c1-6-3-7(2)5-9(4-6)8(16(10,11)12)17(13,14)15;1-6-4-3-5-7(2)9(6)8(16(10,11)12)17(13,14)15/h2*6-8H,3-5H2,1-2H3,(H2,10,11,12)(H2,13,14,15)/p+2. The van der Waals surface area contributed by atoms with E-state index in [4.69, 9.17) is 19.6 Å². The lowest BCUT2D eigenvalue weighted by Crippen LogP contribution is -3.22. The molecular weight excluding hydrogens is 536 g/mol. The van der Waals surface area contributed by atoms with Crippen LogP contribution in [0.4, 0.5) is 0 Å². The molecule has 0 amide bonds. The number of rotatable bonds is 6. The van der Waals surface area contributed by atoms with Crippen LogP contribution in [0.25, 0.3) is 0 Å². The average Bonchev–Trinajstić information content (AvgIpc) is 2.52. The molecule has 34 heavy (non-hydrogen) atoms. The highest BCUT2D eigenvalue weighted by molar-refractivity contribution is 7.70. The number of quaternary nitrogens is 2. The Hall–Kier alpha value is 0.520. The Kier molecular flexibility index (Phi) is 11.4. The fourth-order valence-corrected chi connectivity index (χ4v) is 11.7. The zero-order valence-corrected chi connectivity index (χ0v) is 23.3. The SMILES string of the molecule is CC1CC(C)C[NH+](C(P(=O)(O)O)P(=O)(O)O)C1.CC1CCCC(C)[NH+]1C(P(=O)(O)O)P(=O)(O)O. The van der Waals surface area contributed by atoms with Crippen LogP contribution in [0.15, 0.2) is 0 Å². The lowest BCUT2D eigenvalue weighted by atomic mass is 9.92. The molecule has 2 fully saturated rings. The summed E-state index contributed by atoms with van der Waals surface area (Å²) in [6.45, 7) is 8.14. The van der Waals surface area contributed by atoms with Gasteiger partial charge in [-0.2, -0.15) is 0 Å². The molecule has 0 aromatic heterocycles. The molecule has 4 atom stereocenters. The maximum absolute atomic E-state index is 11.3. The molecule has 4 unspecified atom stereocenters. The van der Waals surface area contributed by atoms with Crippen LogP contribution in [0.2, 0.25) is 0 Å². The van der Waals surface area contributed by atoms with Gasteiger partial charge in [-0.25, -0.2) is 0 Å². The van der Waals surface area contributed by atoms with Crippen LogP contribution in [-0.4, -0.2) is 75.4 Å². The van der Waals surface area contributed by atoms with E-state index in [1.54, 1.807) is 13.8 Å². The highest BCUT2D eigenvalue weighted by atomic mass is 31.2. The van der Waals surface area contributed by atoms with Crippen molar-refractivity contribution in [2.45, 2.75) is 76.5 Å². The van der Waals surface area contributed by atoms with Gasteiger partial charge in [-0.1, -0.05) is 13.8 Å². The Morgan fingerprint density at radius 3 is 1.24 bits per heavy atom. The molecule has 0 radical (unpaired) electrons. The summed E-state index contributed by atoms with van der Waals surface area (Å²) in [4.78, 5) is 74.0. The first-order valence-electron chi connectivity index (χ1n) is 11.0. The van der Waals surface area contributed by atoms with Crippen LogP contribution in [0.3, 0.4) is 0 Å². The predicted molar refractivity (Wildman–Crippen MR) is 123 cm³/mol. The van der Waals surface area contributed by atoms with E-state index < -0.39 is 41.4 Å². The van der Waals surface area contributed by atoms with Crippen LogP contribution in [0.1, 0.15) is 53.4 Å². The van der Waals surface area contributed by atoms with Crippen LogP contribution < -0.4 is 9.80 Å². The topological polar surface area (TPSA) is 239 Å². The van der Waals surface area contributed by atoms with E-state index in [1.165, 1.54) is 0 Å². The largest absolute Gasteiger partial charge is 0.395 e. The van der Waals surface area contributed by atoms with Gasteiger partial charge in [0, 0.05) is 11.8 Å². The number of piperidine rings is 2. The Bertz CT molecular complexity index is 802. The van der Waals surface area contributed by atoms with Gasteiger partial charge in [-0.3, -0.25) is 18.3 Å². The van der Waals surface area contributed by atoms with Gasteiger partial charge in [0.15, 0.2) is 0 Å². The van der Waals surface area contributed by atoms with Crippen molar-refractivity contribution in [3.63, 3.8) is 0 Å². The lowest BCUT2D eigenvalue weighted by Gasteiger charge is -2.40. The Morgan fingerprint density at radius 2 is 0.941 bits per heavy atom. The zero-order valence-electron chi connectivity index (χ0n) is 19.7. The summed E-state index contributed by atoms with van der Waals surface area (Å²) >= 11 is 0. The van der Waals surface area contributed by atoms with E-state index in [2.05, 4.69) is 0 Å². The quantitative estimate of drug-likeness (QED) is 0.165. The minimum atomic E-state index is -4.84. The van der Waals surface area contributed by atoms with E-state index in [1.807, 2.05) is 13.8 Å². The molecule has 2 rings (SSSR count). The fourth-order valence-electron chi connectivity index (χ4n) is 5.36. The molecule has 0 saturated carbocycles. The molecule has 0 spiro atoms. The van der Waals surface area contributed by atoms with Crippen LogP contribution >= 0.6 is 30.4 Å². The molecule has 2 heterocycles. The minimum Gasteiger partial charge on any atom is -0.320 e. The molecule has 0 aromatic rings. The highest BCUT2D eigenvalue weighted by Gasteiger charge is 2.55. The molecule has 0 aromatic carbocycles. The summed E-state index contributed by atoms with van der Waals surface area (Å²) in [5.74, 6) is 0.406. The van der Waals surface area contributed by atoms with Crippen molar-refractivity contribution in [2.24, 2.45) is 11.8 Å². The molecule has 10 N–H and O–H groups in total. The average molecular weight is 576 g/mol. The van der Waals surface area contributed by atoms with Gasteiger partial charge in [-0.05, 0) is 39.5 Å². The first kappa shape index (κ1) is 32.5. The van der Waals surface area contributed by atoms with Crippen molar-refractivity contribution in [3.8, 4) is 0 Å². The Morgan fingerprint density at radius 1 is 0.618 bits per heavy atom. The number of nitrogens with one attached hydrogen (secondary N) is 2. The summed E-state index contributed by atoms with van der Waals surface area (Å²) in [6, 6.07) is -0.326. The van der Waals surface area contributed by atoms with Gasteiger partial charge < -0.3 is 48.9 Å². The molecule has 204 valence electrons. The van der Waals surface area contributed by atoms with Gasteiger partial charge >= 0.3 is 30.4 Å². The van der Waals surface area contributed by atoms with Crippen molar-refractivity contribution in [2.75, 3.05) is 13.1 Å². The maximum Gasteiger partial charge on any atom is 0.395 e. The third-order valence-corrected chi connectivity index (χ3v) is 13.9. The Balaban J connectivity index is 0.000000340. The van der Waals surface area contributed by atoms with Crippen LogP contribution in [0, 0.1) is 11.8 Å². The summed E-state index contributed by atoms with van der Waals surface area (Å²) in [5.41, 5.74) is -3.85. The molecule has 2 saturated heterocycles. The third-order valence-electron chi connectivity index (χ3n) is 6.38. The molecular formula is C16H40N2O12P4+2. The summed E-state index contributed by atoms with van der Waals surface area (Å²) in [6.07, 6.45) is 3.27. The fraction of sp³-hybridized carbons (Fsp3) is 1.00. The smallest absolute Gasteiger partial charge is 0.320 e. The van der Waals surface area contributed by atoms with Crippen molar-refractivity contribution in [1.82, 2.24) is 0 Å². The van der Waals surface area contributed by atoms with Crippen LogP contribution in [0.5, 0.6) is 0 Å². The molecule has 2 aliphatic heterocycles. The van der Waals surface area contributed by atoms with E-state index in [9.17, 15) is 37.8 Å². The van der Waals surface area contributed by atoms with Gasteiger partial charge in [0.2, 0.25) is 0 Å². The third kappa shape index (κ3) is 9.43. The van der Waals surface area contributed by atoms with Gasteiger partial charge in [0.1, 0.15) is 0 Å². The van der Waals surface area contributed by atoms with Crippen molar-refractivity contribution in [3.05, 3.63) is 0 Å². The molecule has 0 aliphatic carbocycles. The second-order valence-electron chi connectivity index (χ2n) is 9.85. The monoisotopic (exact) mass is 576 g/mol. The van der Waals surface area contributed by atoms with E-state index in [0.717, 1.165) is 25.7 Å². The number of hydrogen-bond donors (Lipinski definition) is 10. The second-order valence-corrected chi connectivity index (χ2v) is 17.4. The summed E-state index contributed by atoms with van der Waals surface area (Å²) in [5, 5.41) is 0. The lowest BCUT2D eigenvalue weighted by molar-refractivity contribution is -0.952. The zero-order chi connectivity index (χ0) is 26.9. The van der Waals surface area contributed by atoms with E-state index in [0.29, 0.717) is 22.9 Å². The number of likely N-dealkylation sites (tertiary alicyclic amines) is 2. The van der Waals surface area contributed by atoms with E-state index in [-0.39, 0.29) is 23.9 Å². The molecule has 18 heteroatoms. The second kappa shape index (κ2) is 11.9. The normalized spacial score (nSPS) is 31.8. The predicted octanol–water partition coefficient (Wildman–Crippen LogP) is -1.34. The van der Waals surface area contributed by atoms with Crippen molar-refractivity contribution in [1.29, 1.82) is 0 Å². The molecule has 2 aliphatic rings. The van der Waals surface area contributed by atoms with Gasteiger partial charge in [0.05, 0.1) is 25.2 Å². The molecule has 14 nitrogen and oxygen atoms in total. The first-order valence-corrected chi connectivity index (χ1v) is 17.7. The van der Waals surface area contributed by atoms with Gasteiger partial charge in [0.25, 0.3) is 11.0 Å². The van der Waals surface area contributed by atoms with Crippen molar-refractivity contribution >= 4 is 30.4 Å². The highest BCUT2D eigenvalue weighted by Crippen LogP contribution is 2.57. The minimum absolute atomic E-state index is 0.163. The first-order chi connectivity index (χ1) is 15.1. The summed E-state index contributed by atoms with van der Waals surface area (Å²) < 4.78 is 45.2. The number of hydrogen-bond acceptors (Lipinski definition) is 4. The molecule has 0 bridgehead atoms. The van der Waals surface area contributed by atoms with Crippen molar-refractivity contribution < 1.29 is 67.2 Å².